The van der Waals surface area contributed by atoms with E-state index < -0.39 is 6.10 Å². The van der Waals surface area contributed by atoms with Gasteiger partial charge in [0.15, 0.2) is 5.65 Å². The third-order valence-corrected chi connectivity index (χ3v) is 5.09. The van der Waals surface area contributed by atoms with Crippen LogP contribution < -0.4 is 5.32 Å². The van der Waals surface area contributed by atoms with Crippen molar-refractivity contribution in [1.82, 2.24) is 9.38 Å². The fraction of sp³-hybridized carbons (Fsp3) is 0.316. The second-order valence-corrected chi connectivity index (χ2v) is 6.45. The smallest absolute Gasteiger partial charge is 0.160 e. The van der Waals surface area contributed by atoms with Gasteiger partial charge < -0.3 is 15.5 Å². The van der Waals surface area contributed by atoms with Gasteiger partial charge in [-0.25, -0.2) is 4.98 Å². The third kappa shape index (κ3) is 2.12. The molecule has 0 spiro atoms. The van der Waals surface area contributed by atoms with E-state index in [1.54, 1.807) is 0 Å². The van der Waals surface area contributed by atoms with Crippen molar-refractivity contribution in [2.75, 3.05) is 5.32 Å². The fourth-order valence-electron chi connectivity index (χ4n) is 3.73. The predicted octanol–water partition coefficient (Wildman–Crippen LogP) is 2.77. The highest BCUT2D eigenvalue weighted by molar-refractivity contribution is 5.70. The third-order valence-electron chi connectivity index (χ3n) is 5.09. The number of hydrogen-bond donors (Lipinski definition) is 3. The molecule has 0 radical (unpaired) electrons. The van der Waals surface area contributed by atoms with Crippen LogP contribution in [0, 0.1) is 6.92 Å². The lowest BCUT2D eigenvalue weighted by molar-refractivity contribution is 0.143. The van der Waals surface area contributed by atoms with Gasteiger partial charge in [0.2, 0.25) is 0 Å². The van der Waals surface area contributed by atoms with Crippen LogP contribution in [0.25, 0.3) is 5.65 Å². The summed E-state index contributed by atoms with van der Waals surface area (Å²) < 4.78 is 1.90. The van der Waals surface area contributed by atoms with E-state index in [1.807, 2.05) is 41.8 Å². The minimum atomic E-state index is -0.490. The maximum atomic E-state index is 10.7. The van der Waals surface area contributed by atoms with Crippen LogP contribution >= 0.6 is 0 Å². The summed E-state index contributed by atoms with van der Waals surface area (Å²) >= 11 is 0. The van der Waals surface area contributed by atoms with Crippen molar-refractivity contribution in [1.29, 1.82) is 0 Å². The van der Waals surface area contributed by atoms with Crippen molar-refractivity contribution in [3.8, 4) is 0 Å². The van der Waals surface area contributed by atoms with E-state index in [0.29, 0.717) is 0 Å². The van der Waals surface area contributed by atoms with Gasteiger partial charge in [0.1, 0.15) is 0 Å². The molecule has 4 rings (SSSR count). The number of fused-ring (bicyclic) bond motifs is 2. The molecule has 2 heterocycles. The number of anilines is 1. The van der Waals surface area contributed by atoms with Gasteiger partial charge in [-0.05, 0) is 30.2 Å². The molecular weight excluding hydrogens is 302 g/mol. The second-order valence-electron chi connectivity index (χ2n) is 6.45. The first-order chi connectivity index (χ1) is 11.6. The van der Waals surface area contributed by atoms with Crippen molar-refractivity contribution < 1.29 is 10.2 Å². The van der Waals surface area contributed by atoms with Gasteiger partial charge in [0, 0.05) is 12.1 Å². The Labute approximate surface area is 140 Å². The molecule has 0 fully saturated rings. The molecule has 3 atom stereocenters. The Hall–Kier alpha value is -2.37. The number of pyridine rings is 1. The summed E-state index contributed by atoms with van der Waals surface area (Å²) in [5.74, 6) is 0.0907. The van der Waals surface area contributed by atoms with Gasteiger partial charge >= 0.3 is 0 Å². The molecule has 124 valence electrons. The molecule has 0 amide bonds. The van der Waals surface area contributed by atoms with Crippen molar-refractivity contribution >= 4 is 11.3 Å². The minimum Gasteiger partial charge on any atom is -0.390 e. The van der Waals surface area contributed by atoms with Gasteiger partial charge in [-0.3, -0.25) is 4.40 Å². The summed E-state index contributed by atoms with van der Waals surface area (Å²) in [7, 11) is 0. The summed E-state index contributed by atoms with van der Waals surface area (Å²) in [6.07, 6.45) is 1.41. The van der Waals surface area contributed by atoms with E-state index in [2.05, 4.69) is 29.4 Å². The lowest BCUT2D eigenvalue weighted by Gasteiger charge is -2.21. The van der Waals surface area contributed by atoms with E-state index in [9.17, 15) is 10.2 Å². The SMILES string of the molecule is Cc1nc2c(NC3c4ccccc4C(C)C3O)cccn2c1CO. The first-order valence-electron chi connectivity index (χ1n) is 8.22. The highest BCUT2D eigenvalue weighted by Gasteiger charge is 2.37. The maximum Gasteiger partial charge on any atom is 0.160 e. The quantitative estimate of drug-likeness (QED) is 0.693. The standard InChI is InChI=1S/C19H21N3O2/c1-11-13-6-3-4-7-14(13)17(18(11)24)21-15-8-5-9-22-16(10-23)12(2)20-19(15)22/h3-9,11,17-18,21,23-24H,10H2,1-2H3. The molecule has 1 aromatic carbocycles. The largest absolute Gasteiger partial charge is 0.390 e. The number of imidazole rings is 1. The number of nitrogens with one attached hydrogen (secondary N) is 1. The molecule has 0 saturated carbocycles. The average Bonchev–Trinajstić information content (AvgIpc) is 3.05. The van der Waals surface area contributed by atoms with E-state index >= 15 is 0 Å². The topological polar surface area (TPSA) is 69.8 Å². The van der Waals surface area contributed by atoms with Crippen LogP contribution in [0.5, 0.6) is 0 Å². The highest BCUT2D eigenvalue weighted by Crippen LogP contribution is 2.42. The Balaban J connectivity index is 1.78. The lowest BCUT2D eigenvalue weighted by atomic mass is 10.0. The van der Waals surface area contributed by atoms with Gasteiger partial charge in [-0.1, -0.05) is 31.2 Å². The predicted molar refractivity (Wildman–Crippen MR) is 93.1 cm³/mol. The first-order valence-corrected chi connectivity index (χ1v) is 8.22. The van der Waals surface area contributed by atoms with E-state index in [1.165, 1.54) is 5.56 Å². The molecule has 3 aromatic rings. The summed E-state index contributed by atoms with van der Waals surface area (Å²) in [6, 6.07) is 11.9. The van der Waals surface area contributed by atoms with Gasteiger partial charge in [-0.2, -0.15) is 0 Å². The molecule has 3 unspecified atom stereocenters. The molecule has 5 heteroatoms. The number of aromatic nitrogens is 2. The number of rotatable bonds is 3. The van der Waals surface area contributed by atoms with Crippen LogP contribution in [0.1, 0.15) is 41.4 Å². The average molecular weight is 323 g/mol. The summed E-state index contributed by atoms with van der Waals surface area (Å²) in [5.41, 5.74) is 5.54. The highest BCUT2D eigenvalue weighted by atomic mass is 16.3. The molecule has 24 heavy (non-hydrogen) atoms. The van der Waals surface area contributed by atoms with Crippen molar-refractivity contribution in [3.05, 3.63) is 65.1 Å². The summed E-state index contributed by atoms with van der Waals surface area (Å²) in [4.78, 5) is 4.58. The Kier molecular flexibility index (Phi) is 3.55. The normalized spacial score (nSPS) is 22.8. The van der Waals surface area contributed by atoms with Crippen molar-refractivity contribution in [3.63, 3.8) is 0 Å². The number of hydrogen-bond acceptors (Lipinski definition) is 4. The van der Waals surface area contributed by atoms with E-state index in [-0.39, 0.29) is 18.6 Å². The second kappa shape index (κ2) is 5.61. The molecule has 3 N–H and O–H groups in total. The van der Waals surface area contributed by atoms with Crippen LogP contribution in [0.3, 0.4) is 0 Å². The maximum absolute atomic E-state index is 10.7. The number of aryl methyl sites for hydroxylation is 1. The van der Waals surface area contributed by atoms with Crippen LogP contribution in [0.15, 0.2) is 42.6 Å². The first kappa shape index (κ1) is 15.2. The molecule has 0 saturated heterocycles. The van der Waals surface area contributed by atoms with Crippen LogP contribution in [-0.4, -0.2) is 25.7 Å². The van der Waals surface area contributed by atoms with Gasteiger partial charge in [0.25, 0.3) is 0 Å². The fourth-order valence-corrected chi connectivity index (χ4v) is 3.73. The van der Waals surface area contributed by atoms with Crippen molar-refractivity contribution in [2.45, 2.75) is 38.5 Å². The van der Waals surface area contributed by atoms with Crippen LogP contribution in [0.4, 0.5) is 5.69 Å². The molecule has 1 aliphatic rings. The number of aliphatic hydroxyl groups excluding tert-OH is 2. The number of benzene rings is 1. The number of aliphatic hydroxyl groups is 2. The molecule has 5 nitrogen and oxygen atoms in total. The summed E-state index contributed by atoms with van der Waals surface area (Å²) in [6.45, 7) is 3.89. The summed E-state index contributed by atoms with van der Waals surface area (Å²) in [5, 5.41) is 23.7. The zero-order chi connectivity index (χ0) is 16.8. The lowest BCUT2D eigenvalue weighted by Crippen LogP contribution is -2.23. The Bertz CT molecular complexity index is 903. The Morgan fingerprint density at radius 2 is 1.92 bits per heavy atom. The van der Waals surface area contributed by atoms with Crippen molar-refractivity contribution in [2.24, 2.45) is 0 Å². The monoisotopic (exact) mass is 323 g/mol. The zero-order valence-electron chi connectivity index (χ0n) is 13.8. The zero-order valence-corrected chi connectivity index (χ0v) is 13.8. The minimum absolute atomic E-state index is 0.0532. The molecule has 0 aliphatic heterocycles. The van der Waals surface area contributed by atoms with Gasteiger partial charge in [0.05, 0.1) is 35.8 Å². The van der Waals surface area contributed by atoms with Crippen LogP contribution in [-0.2, 0) is 6.61 Å². The van der Waals surface area contributed by atoms with Crippen LogP contribution in [0.2, 0.25) is 0 Å². The Morgan fingerprint density at radius 3 is 2.67 bits per heavy atom. The van der Waals surface area contributed by atoms with Gasteiger partial charge in [-0.15, -0.1) is 0 Å². The molecule has 1 aliphatic carbocycles. The Morgan fingerprint density at radius 1 is 1.17 bits per heavy atom. The van der Waals surface area contributed by atoms with E-state index in [4.69, 9.17) is 0 Å². The molecule has 0 bridgehead atoms. The molecular formula is C19H21N3O2. The number of nitrogens with zero attached hydrogens (tertiary/aromatic N) is 2. The van der Waals surface area contributed by atoms with E-state index in [0.717, 1.165) is 28.3 Å². The molecule has 2 aromatic heterocycles.